The number of nitrogens with zero attached hydrogens (tertiary/aromatic N) is 2. The molecule has 11 heteroatoms. The molecule has 0 bridgehead atoms. The van der Waals surface area contributed by atoms with Crippen LogP contribution in [0.2, 0.25) is 0 Å². The van der Waals surface area contributed by atoms with E-state index in [-0.39, 0.29) is 34.9 Å². The third-order valence-corrected chi connectivity index (χ3v) is 9.11. The molecule has 0 heterocycles. The number of halogens is 1. The lowest BCUT2D eigenvalue weighted by molar-refractivity contribution is -0.140. The van der Waals surface area contributed by atoms with E-state index in [9.17, 15) is 18.0 Å². The fourth-order valence-corrected chi connectivity index (χ4v) is 6.48. The van der Waals surface area contributed by atoms with E-state index in [1.54, 1.807) is 30.3 Å². The highest BCUT2D eigenvalue weighted by Gasteiger charge is 2.36. The third kappa shape index (κ3) is 8.88. The summed E-state index contributed by atoms with van der Waals surface area (Å²) < 4.78 is 55.5. The SMILES string of the molecule is COc1ccc(OC)c(N(CC(=O)N(Cc2ccccc2F)C(Cc2ccccc2)C(=O)NC(C)(C)C)S(=O)(=O)c2ccccc2)c1. The largest absolute Gasteiger partial charge is 0.497 e. The second kappa shape index (κ2) is 15.1. The number of anilines is 1. The average molecular weight is 662 g/mol. The van der Waals surface area contributed by atoms with Crippen LogP contribution in [0.15, 0.2) is 108 Å². The molecule has 0 fully saturated rings. The van der Waals surface area contributed by atoms with Gasteiger partial charge >= 0.3 is 0 Å². The molecule has 0 aliphatic rings. The molecule has 4 aromatic rings. The summed E-state index contributed by atoms with van der Waals surface area (Å²) in [6.07, 6.45) is 0.0941. The molecule has 0 radical (unpaired) electrons. The molecule has 0 saturated carbocycles. The smallest absolute Gasteiger partial charge is 0.264 e. The molecule has 47 heavy (non-hydrogen) atoms. The number of carbonyl (C=O) groups excluding carboxylic acids is 2. The maximum atomic E-state index is 15.1. The minimum absolute atomic E-state index is 0.0497. The summed E-state index contributed by atoms with van der Waals surface area (Å²) in [6.45, 7) is 4.42. The molecule has 2 amide bonds. The van der Waals surface area contributed by atoms with Crippen LogP contribution >= 0.6 is 0 Å². The van der Waals surface area contributed by atoms with Gasteiger partial charge in [-0.25, -0.2) is 12.8 Å². The molecule has 248 valence electrons. The van der Waals surface area contributed by atoms with E-state index in [1.165, 1.54) is 61.6 Å². The monoisotopic (exact) mass is 661 g/mol. The fourth-order valence-electron chi connectivity index (χ4n) is 5.04. The lowest BCUT2D eigenvalue weighted by Gasteiger charge is -2.35. The number of carbonyl (C=O) groups is 2. The van der Waals surface area contributed by atoms with Crippen molar-refractivity contribution in [3.63, 3.8) is 0 Å². The second-order valence-corrected chi connectivity index (χ2v) is 13.8. The van der Waals surface area contributed by atoms with Gasteiger partial charge in [-0.15, -0.1) is 0 Å². The minimum atomic E-state index is -4.38. The van der Waals surface area contributed by atoms with Gasteiger partial charge in [-0.05, 0) is 56.7 Å². The first kappa shape index (κ1) is 35.0. The van der Waals surface area contributed by atoms with Crippen molar-refractivity contribution in [1.29, 1.82) is 0 Å². The van der Waals surface area contributed by atoms with Gasteiger partial charge in [-0.3, -0.25) is 13.9 Å². The molecule has 4 aromatic carbocycles. The van der Waals surface area contributed by atoms with Crippen molar-refractivity contribution < 1.29 is 31.9 Å². The van der Waals surface area contributed by atoms with Crippen LogP contribution in [-0.4, -0.2) is 57.5 Å². The minimum Gasteiger partial charge on any atom is -0.497 e. The fraction of sp³-hybridized carbons (Fsp3) is 0.278. The summed E-state index contributed by atoms with van der Waals surface area (Å²) in [5.74, 6) is -1.27. The molecule has 1 N–H and O–H groups in total. The molecule has 0 saturated heterocycles. The van der Waals surface area contributed by atoms with Crippen LogP contribution in [0.3, 0.4) is 0 Å². The van der Waals surface area contributed by atoms with Crippen molar-refractivity contribution >= 4 is 27.5 Å². The van der Waals surface area contributed by atoms with E-state index in [0.717, 1.165) is 9.87 Å². The lowest BCUT2D eigenvalue weighted by Crippen LogP contribution is -2.56. The van der Waals surface area contributed by atoms with Crippen LogP contribution in [0.1, 0.15) is 31.9 Å². The van der Waals surface area contributed by atoms with Crippen molar-refractivity contribution in [3.05, 3.63) is 120 Å². The number of ether oxygens (including phenoxy) is 2. The van der Waals surface area contributed by atoms with Crippen molar-refractivity contribution in [2.75, 3.05) is 25.1 Å². The first-order chi connectivity index (χ1) is 22.3. The van der Waals surface area contributed by atoms with Crippen LogP contribution < -0.4 is 19.1 Å². The zero-order valence-electron chi connectivity index (χ0n) is 27.1. The number of rotatable bonds is 13. The van der Waals surface area contributed by atoms with E-state index >= 15 is 4.39 Å². The number of methoxy groups -OCH3 is 2. The van der Waals surface area contributed by atoms with Crippen molar-refractivity contribution in [2.45, 2.75) is 50.2 Å². The lowest BCUT2D eigenvalue weighted by atomic mass is 10.0. The van der Waals surface area contributed by atoms with Gasteiger partial charge in [0.2, 0.25) is 11.8 Å². The Kier molecular flexibility index (Phi) is 11.3. The summed E-state index contributed by atoms with van der Waals surface area (Å²) in [5.41, 5.74) is 0.318. The Morgan fingerprint density at radius 3 is 2.06 bits per heavy atom. The first-order valence-electron chi connectivity index (χ1n) is 15.0. The molecule has 1 unspecified atom stereocenters. The zero-order chi connectivity index (χ0) is 34.2. The highest BCUT2D eigenvalue weighted by molar-refractivity contribution is 7.92. The van der Waals surface area contributed by atoms with Crippen LogP contribution in [0, 0.1) is 5.82 Å². The number of amides is 2. The van der Waals surface area contributed by atoms with E-state index in [0.29, 0.717) is 5.75 Å². The summed E-state index contributed by atoms with van der Waals surface area (Å²) in [6, 6.07) is 26.3. The molecule has 4 rings (SSSR count). The molecule has 0 spiro atoms. The van der Waals surface area contributed by atoms with Gasteiger partial charge in [-0.2, -0.15) is 0 Å². The third-order valence-electron chi connectivity index (χ3n) is 7.33. The Morgan fingerprint density at radius 2 is 1.47 bits per heavy atom. The average Bonchev–Trinajstić information content (AvgIpc) is 3.05. The van der Waals surface area contributed by atoms with Crippen LogP contribution in [0.25, 0.3) is 0 Å². The number of benzene rings is 4. The maximum Gasteiger partial charge on any atom is 0.264 e. The van der Waals surface area contributed by atoms with E-state index in [1.807, 2.05) is 51.1 Å². The van der Waals surface area contributed by atoms with Crippen molar-refractivity contribution in [3.8, 4) is 11.5 Å². The number of hydrogen-bond acceptors (Lipinski definition) is 6. The summed E-state index contributed by atoms with van der Waals surface area (Å²) in [5, 5.41) is 2.95. The number of hydrogen-bond donors (Lipinski definition) is 1. The Morgan fingerprint density at radius 1 is 0.851 bits per heavy atom. The van der Waals surface area contributed by atoms with Gasteiger partial charge < -0.3 is 19.7 Å². The standard InChI is InChI=1S/C36H40FN3O6S/c1-36(2,3)38-35(42)32(22-26-14-8-6-9-15-26)39(24-27-16-12-13-19-30(27)37)34(41)25-40(47(43,44)29-17-10-7-11-18-29)31-23-28(45-4)20-21-33(31)46-5/h6-21,23,32H,22,24-25H2,1-5H3,(H,38,42). The number of sulfonamides is 1. The van der Waals surface area contributed by atoms with Crippen LogP contribution in [0.4, 0.5) is 10.1 Å². The van der Waals surface area contributed by atoms with Gasteiger partial charge in [0.1, 0.15) is 29.9 Å². The Balaban J connectivity index is 1.88. The molecular formula is C36H40FN3O6S. The van der Waals surface area contributed by atoms with Crippen molar-refractivity contribution in [2.24, 2.45) is 0 Å². The van der Waals surface area contributed by atoms with Crippen LogP contribution in [-0.2, 0) is 32.6 Å². The summed E-state index contributed by atoms with van der Waals surface area (Å²) >= 11 is 0. The van der Waals surface area contributed by atoms with Crippen molar-refractivity contribution in [1.82, 2.24) is 10.2 Å². The van der Waals surface area contributed by atoms with Crippen LogP contribution in [0.5, 0.6) is 11.5 Å². The van der Waals surface area contributed by atoms with Gasteiger partial charge in [0.05, 0.1) is 24.8 Å². The summed E-state index contributed by atoms with van der Waals surface area (Å²) in [7, 11) is -1.56. The molecule has 0 aliphatic carbocycles. The van der Waals surface area contributed by atoms with E-state index in [4.69, 9.17) is 9.47 Å². The highest BCUT2D eigenvalue weighted by Crippen LogP contribution is 2.36. The Hall–Kier alpha value is -4.90. The van der Waals surface area contributed by atoms with Gasteiger partial charge in [0.25, 0.3) is 10.0 Å². The van der Waals surface area contributed by atoms with Gasteiger partial charge in [0.15, 0.2) is 0 Å². The predicted molar refractivity (Wildman–Crippen MR) is 179 cm³/mol. The molecule has 9 nitrogen and oxygen atoms in total. The highest BCUT2D eigenvalue weighted by atomic mass is 32.2. The zero-order valence-corrected chi connectivity index (χ0v) is 28.0. The van der Waals surface area contributed by atoms with Gasteiger partial charge in [0, 0.05) is 30.1 Å². The first-order valence-corrected chi connectivity index (χ1v) is 16.5. The predicted octanol–water partition coefficient (Wildman–Crippen LogP) is 5.59. The quantitative estimate of drug-likeness (QED) is 0.200. The van der Waals surface area contributed by atoms with Gasteiger partial charge in [-0.1, -0.05) is 66.7 Å². The molecule has 1 atom stereocenters. The Labute approximate surface area is 276 Å². The molecular weight excluding hydrogens is 621 g/mol. The number of nitrogens with one attached hydrogen (secondary N) is 1. The molecule has 0 aromatic heterocycles. The topological polar surface area (TPSA) is 105 Å². The van der Waals surface area contributed by atoms with E-state index < -0.39 is 45.8 Å². The summed E-state index contributed by atoms with van der Waals surface area (Å²) in [4.78, 5) is 29.8. The normalized spacial score (nSPS) is 12.1. The second-order valence-electron chi connectivity index (χ2n) is 11.9. The Bertz CT molecular complexity index is 1780. The molecule has 0 aliphatic heterocycles. The maximum absolute atomic E-state index is 15.1. The van der Waals surface area contributed by atoms with E-state index in [2.05, 4.69) is 5.32 Å².